The molecule has 194 valence electrons. The van der Waals surface area contributed by atoms with E-state index in [2.05, 4.69) is 6.92 Å². The van der Waals surface area contributed by atoms with Crippen LogP contribution in [0.5, 0.6) is 0 Å². The van der Waals surface area contributed by atoms with E-state index in [0.717, 1.165) is 41.5 Å². The first-order chi connectivity index (χ1) is 17.9. The Kier molecular flexibility index (Phi) is 9.38. The van der Waals surface area contributed by atoms with Crippen molar-refractivity contribution in [2.24, 2.45) is 0 Å². The second-order valence-corrected chi connectivity index (χ2v) is 9.93. The van der Waals surface area contributed by atoms with E-state index in [4.69, 9.17) is 0 Å². The van der Waals surface area contributed by atoms with Crippen molar-refractivity contribution >= 4 is 10.8 Å². The molecule has 0 fully saturated rings. The number of unbranched alkanes of at least 4 members (excludes halogenated alkanes) is 4. The Morgan fingerprint density at radius 2 is 1.11 bits per heavy atom. The molecule has 4 heteroatoms. The zero-order chi connectivity index (χ0) is 26.2. The van der Waals surface area contributed by atoms with Crippen molar-refractivity contribution in [1.29, 1.82) is 0 Å². The van der Waals surface area contributed by atoms with Crippen molar-refractivity contribution in [3.8, 4) is 0 Å². The summed E-state index contributed by atoms with van der Waals surface area (Å²) in [5, 5.41) is 1.33. The minimum atomic E-state index is -0.891. The summed E-state index contributed by atoms with van der Waals surface area (Å²) < 4.78 is 56.4. The second-order valence-electron chi connectivity index (χ2n) is 9.93. The van der Waals surface area contributed by atoms with Crippen LogP contribution in [-0.4, -0.2) is 0 Å². The van der Waals surface area contributed by atoms with Crippen molar-refractivity contribution in [2.75, 3.05) is 0 Å². The highest BCUT2D eigenvalue weighted by molar-refractivity contribution is 5.84. The summed E-state index contributed by atoms with van der Waals surface area (Å²) in [6, 6.07) is 18.7. The summed E-state index contributed by atoms with van der Waals surface area (Å²) in [7, 11) is 0. The van der Waals surface area contributed by atoms with Gasteiger partial charge in [0, 0.05) is 5.39 Å². The van der Waals surface area contributed by atoms with Gasteiger partial charge in [-0.1, -0.05) is 81.1 Å². The molecular formula is C33H34F4. The molecule has 0 aliphatic carbocycles. The summed E-state index contributed by atoms with van der Waals surface area (Å²) in [4.78, 5) is 0. The molecule has 0 nitrogen and oxygen atoms in total. The van der Waals surface area contributed by atoms with E-state index < -0.39 is 11.6 Å². The molecule has 0 N–H and O–H groups in total. The zero-order valence-corrected chi connectivity index (χ0v) is 21.4. The lowest BCUT2D eigenvalue weighted by atomic mass is 9.96. The molecule has 37 heavy (non-hydrogen) atoms. The molecule has 0 aliphatic heterocycles. The normalized spacial score (nSPS) is 11.4. The smallest absolute Gasteiger partial charge is 0.159 e. The highest BCUT2D eigenvalue weighted by Gasteiger charge is 2.11. The zero-order valence-electron chi connectivity index (χ0n) is 21.4. The van der Waals surface area contributed by atoms with E-state index in [9.17, 15) is 13.2 Å². The number of halogens is 4. The van der Waals surface area contributed by atoms with E-state index in [1.165, 1.54) is 31.7 Å². The number of hydrogen-bond acceptors (Lipinski definition) is 0. The van der Waals surface area contributed by atoms with Crippen molar-refractivity contribution in [3.05, 3.63) is 118 Å². The van der Waals surface area contributed by atoms with Gasteiger partial charge in [0.05, 0.1) is 0 Å². The van der Waals surface area contributed by atoms with E-state index in [0.29, 0.717) is 47.8 Å². The van der Waals surface area contributed by atoms with Gasteiger partial charge in [0.2, 0.25) is 0 Å². The summed E-state index contributed by atoms with van der Waals surface area (Å²) >= 11 is 0. The van der Waals surface area contributed by atoms with Crippen LogP contribution >= 0.6 is 0 Å². The van der Waals surface area contributed by atoms with Gasteiger partial charge in [0.25, 0.3) is 0 Å². The van der Waals surface area contributed by atoms with Crippen molar-refractivity contribution < 1.29 is 17.6 Å². The van der Waals surface area contributed by atoms with E-state index in [1.807, 2.05) is 30.3 Å². The first-order valence-electron chi connectivity index (χ1n) is 13.4. The van der Waals surface area contributed by atoms with Gasteiger partial charge >= 0.3 is 0 Å². The van der Waals surface area contributed by atoms with Gasteiger partial charge in [-0.25, -0.2) is 17.6 Å². The Morgan fingerprint density at radius 1 is 0.486 bits per heavy atom. The highest BCUT2D eigenvalue weighted by atomic mass is 19.2. The minimum absolute atomic E-state index is 0.149. The fourth-order valence-electron chi connectivity index (χ4n) is 4.87. The molecular weight excluding hydrogens is 472 g/mol. The number of benzene rings is 4. The van der Waals surface area contributed by atoms with Gasteiger partial charge in [-0.3, -0.25) is 0 Å². The Labute approximate surface area is 217 Å². The van der Waals surface area contributed by atoms with Crippen LogP contribution < -0.4 is 0 Å². The van der Waals surface area contributed by atoms with E-state index in [1.54, 1.807) is 18.2 Å². The molecule has 0 saturated carbocycles. The largest absolute Gasteiger partial charge is 0.207 e. The quantitative estimate of drug-likeness (QED) is 0.133. The van der Waals surface area contributed by atoms with Crippen molar-refractivity contribution in [2.45, 2.75) is 71.1 Å². The van der Waals surface area contributed by atoms with Gasteiger partial charge in [0.1, 0.15) is 11.6 Å². The van der Waals surface area contributed by atoms with Crippen molar-refractivity contribution in [1.82, 2.24) is 0 Å². The second kappa shape index (κ2) is 12.9. The summed E-state index contributed by atoms with van der Waals surface area (Å²) in [6.07, 6.45) is 8.99. The predicted molar refractivity (Wildman–Crippen MR) is 144 cm³/mol. The molecule has 4 aromatic rings. The van der Waals surface area contributed by atoms with Gasteiger partial charge in [0.15, 0.2) is 11.6 Å². The third-order valence-corrected chi connectivity index (χ3v) is 7.13. The maximum Gasteiger partial charge on any atom is 0.159 e. The first kappa shape index (κ1) is 26.9. The summed E-state index contributed by atoms with van der Waals surface area (Å²) in [6.45, 7) is 2.20. The SMILES string of the molecule is CCCCCCCc1ccc(CCc2ccc3c(F)c(CCc4ccc(F)c(F)c4)ccc3c2)c(F)c1. The van der Waals surface area contributed by atoms with Crippen LogP contribution in [0.2, 0.25) is 0 Å². The number of rotatable bonds is 12. The predicted octanol–water partition coefficient (Wildman–Crippen LogP) is 9.48. The van der Waals surface area contributed by atoms with Crippen LogP contribution in [0.3, 0.4) is 0 Å². The molecule has 0 heterocycles. The van der Waals surface area contributed by atoms with Crippen LogP contribution in [0, 0.1) is 23.3 Å². The molecule has 0 amide bonds. The summed E-state index contributed by atoms with van der Waals surface area (Å²) in [5.41, 5.74) is 3.95. The molecule has 0 aliphatic rings. The monoisotopic (exact) mass is 506 g/mol. The van der Waals surface area contributed by atoms with Crippen molar-refractivity contribution in [3.63, 3.8) is 0 Å². The van der Waals surface area contributed by atoms with Crippen LogP contribution in [0.15, 0.2) is 66.7 Å². The third kappa shape index (κ3) is 7.21. The average Bonchev–Trinajstić information content (AvgIpc) is 2.89. The van der Waals surface area contributed by atoms with Gasteiger partial charge < -0.3 is 0 Å². The average molecular weight is 507 g/mol. The fourth-order valence-corrected chi connectivity index (χ4v) is 4.87. The lowest BCUT2D eigenvalue weighted by Gasteiger charge is -2.10. The Hall–Kier alpha value is -3.14. The van der Waals surface area contributed by atoms with E-state index in [-0.39, 0.29) is 11.6 Å². The molecule has 0 aromatic heterocycles. The van der Waals surface area contributed by atoms with Gasteiger partial charge in [-0.15, -0.1) is 0 Å². The summed E-state index contributed by atoms with van der Waals surface area (Å²) in [5.74, 6) is -2.21. The minimum Gasteiger partial charge on any atom is -0.207 e. The van der Waals surface area contributed by atoms with Gasteiger partial charge in [-0.2, -0.15) is 0 Å². The molecule has 0 radical (unpaired) electrons. The number of hydrogen-bond donors (Lipinski definition) is 0. The fraction of sp³-hybridized carbons (Fsp3) is 0.333. The van der Waals surface area contributed by atoms with Crippen LogP contribution in [0.4, 0.5) is 17.6 Å². The standard InChI is InChI=1S/C33H34F4/c1-2-3-4-5-6-7-23-8-13-26(31(35)21-23)14-9-24-11-18-29-28(20-24)17-16-27(33(29)37)15-10-25-12-19-30(34)32(36)22-25/h8,11-13,16-22H,2-7,9-10,14-15H2,1H3. The lowest BCUT2D eigenvalue weighted by Crippen LogP contribution is -1.99. The molecule has 4 rings (SSSR count). The lowest BCUT2D eigenvalue weighted by molar-refractivity contribution is 0.507. The Bertz CT molecular complexity index is 1340. The maximum absolute atomic E-state index is 15.2. The molecule has 0 saturated heterocycles. The number of aryl methyl sites for hydroxylation is 5. The molecule has 0 spiro atoms. The molecule has 0 bridgehead atoms. The van der Waals surface area contributed by atoms with Crippen LogP contribution in [0.1, 0.15) is 66.8 Å². The highest BCUT2D eigenvalue weighted by Crippen LogP contribution is 2.25. The van der Waals surface area contributed by atoms with Crippen LogP contribution in [0.25, 0.3) is 10.8 Å². The topological polar surface area (TPSA) is 0 Å². The molecule has 0 atom stereocenters. The molecule has 4 aromatic carbocycles. The van der Waals surface area contributed by atoms with Crippen LogP contribution in [-0.2, 0) is 32.1 Å². The van der Waals surface area contributed by atoms with E-state index >= 15 is 4.39 Å². The molecule has 0 unspecified atom stereocenters. The Morgan fingerprint density at radius 3 is 1.86 bits per heavy atom. The third-order valence-electron chi connectivity index (χ3n) is 7.13. The Balaban J connectivity index is 1.36. The van der Waals surface area contributed by atoms with Gasteiger partial charge in [-0.05, 0) is 89.9 Å². The maximum atomic E-state index is 15.2. The first-order valence-corrected chi connectivity index (χ1v) is 13.4. The number of fused-ring (bicyclic) bond motifs is 1.